The summed E-state index contributed by atoms with van der Waals surface area (Å²) in [5, 5.41) is 0. The predicted molar refractivity (Wildman–Crippen MR) is 82.4 cm³/mol. The molecule has 1 aromatic heterocycles. The maximum atomic E-state index is 12.4. The lowest BCUT2D eigenvalue weighted by atomic mass is 10.1. The normalized spacial score (nSPS) is 17.0. The van der Waals surface area contributed by atoms with Crippen LogP contribution in [0.3, 0.4) is 0 Å². The molecule has 2 heterocycles. The fraction of sp³-hybridized carbons (Fsp3) is 0.353. The SMILES string of the molecule is CN1CCN(CC(=O)c2cccc(-c3ccco3)c2)CC1. The first-order chi connectivity index (χ1) is 10.2. The standard InChI is InChI=1S/C17H20N2O2/c1-18-7-9-19(10-8-18)13-16(20)14-4-2-5-15(12-14)17-6-3-11-21-17/h2-6,11-12H,7-10,13H2,1H3. The third-order valence-corrected chi connectivity index (χ3v) is 3.95. The number of piperazine rings is 1. The van der Waals surface area contributed by atoms with Crippen molar-refractivity contribution in [1.82, 2.24) is 9.80 Å². The van der Waals surface area contributed by atoms with Crippen LogP contribution in [0, 0.1) is 0 Å². The molecule has 0 amide bonds. The van der Waals surface area contributed by atoms with Crippen molar-refractivity contribution >= 4 is 5.78 Å². The zero-order chi connectivity index (χ0) is 14.7. The average molecular weight is 284 g/mol. The summed E-state index contributed by atoms with van der Waals surface area (Å²) < 4.78 is 5.39. The number of Topliss-reactive ketones (excluding diaryl/α,β-unsaturated/α-hetero) is 1. The highest BCUT2D eigenvalue weighted by molar-refractivity contribution is 5.98. The average Bonchev–Trinajstić information content (AvgIpc) is 3.04. The van der Waals surface area contributed by atoms with E-state index < -0.39 is 0 Å². The first kappa shape index (κ1) is 14.0. The molecule has 1 aliphatic heterocycles. The molecular weight excluding hydrogens is 264 g/mol. The van der Waals surface area contributed by atoms with Crippen molar-refractivity contribution in [2.75, 3.05) is 39.8 Å². The second kappa shape index (κ2) is 6.24. The van der Waals surface area contributed by atoms with Gasteiger partial charge < -0.3 is 9.32 Å². The minimum atomic E-state index is 0.174. The summed E-state index contributed by atoms with van der Waals surface area (Å²) in [4.78, 5) is 16.9. The summed E-state index contributed by atoms with van der Waals surface area (Å²) in [6, 6.07) is 11.4. The van der Waals surface area contributed by atoms with E-state index in [1.54, 1.807) is 6.26 Å². The highest BCUT2D eigenvalue weighted by atomic mass is 16.3. The summed E-state index contributed by atoms with van der Waals surface area (Å²) >= 11 is 0. The van der Waals surface area contributed by atoms with Crippen molar-refractivity contribution < 1.29 is 9.21 Å². The molecule has 0 radical (unpaired) electrons. The van der Waals surface area contributed by atoms with Gasteiger partial charge in [0.05, 0.1) is 12.8 Å². The van der Waals surface area contributed by atoms with Crippen LogP contribution in [0.15, 0.2) is 47.1 Å². The molecule has 1 saturated heterocycles. The number of furan rings is 1. The number of carbonyl (C=O) groups is 1. The van der Waals surface area contributed by atoms with Crippen molar-refractivity contribution in [3.63, 3.8) is 0 Å². The Bertz CT molecular complexity index is 599. The third kappa shape index (κ3) is 3.40. The van der Waals surface area contributed by atoms with Crippen LogP contribution in [0.5, 0.6) is 0 Å². The van der Waals surface area contributed by atoms with Gasteiger partial charge in [-0.05, 0) is 25.2 Å². The number of hydrogen-bond donors (Lipinski definition) is 0. The Hall–Kier alpha value is -1.91. The molecular formula is C17H20N2O2. The Morgan fingerprint density at radius 1 is 1.14 bits per heavy atom. The Labute approximate surface area is 125 Å². The van der Waals surface area contributed by atoms with Crippen LogP contribution in [0.2, 0.25) is 0 Å². The van der Waals surface area contributed by atoms with Gasteiger partial charge in [0.15, 0.2) is 5.78 Å². The number of hydrogen-bond acceptors (Lipinski definition) is 4. The highest BCUT2D eigenvalue weighted by Crippen LogP contribution is 2.21. The number of carbonyl (C=O) groups excluding carboxylic acids is 1. The maximum Gasteiger partial charge on any atom is 0.176 e. The first-order valence-electron chi connectivity index (χ1n) is 7.30. The molecule has 1 aliphatic rings. The Morgan fingerprint density at radius 2 is 1.95 bits per heavy atom. The van der Waals surface area contributed by atoms with Crippen molar-refractivity contribution in [1.29, 1.82) is 0 Å². The lowest BCUT2D eigenvalue weighted by Gasteiger charge is -2.31. The smallest absolute Gasteiger partial charge is 0.176 e. The summed E-state index contributed by atoms with van der Waals surface area (Å²) in [7, 11) is 2.12. The Morgan fingerprint density at radius 3 is 2.67 bits per heavy atom. The van der Waals surface area contributed by atoms with Crippen LogP contribution in [-0.2, 0) is 0 Å². The summed E-state index contributed by atoms with van der Waals surface area (Å²) in [5.74, 6) is 0.970. The highest BCUT2D eigenvalue weighted by Gasteiger charge is 2.17. The molecule has 110 valence electrons. The fourth-order valence-electron chi connectivity index (χ4n) is 2.59. The van der Waals surface area contributed by atoms with Crippen LogP contribution in [0.25, 0.3) is 11.3 Å². The number of likely N-dealkylation sites (N-methyl/N-ethyl adjacent to an activating group) is 1. The minimum Gasteiger partial charge on any atom is -0.464 e. The quantitative estimate of drug-likeness (QED) is 0.808. The van der Waals surface area contributed by atoms with E-state index in [4.69, 9.17) is 4.42 Å². The molecule has 0 aliphatic carbocycles. The summed E-state index contributed by atoms with van der Waals surface area (Å²) in [6.45, 7) is 4.47. The van der Waals surface area contributed by atoms with E-state index in [1.807, 2.05) is 36.4 Å². The van der Waals surface area contributed by atoms with E-state index in [0.29, 0.717) is 6.54 Å². The molecule has 0 bridgehead atoms. The molecule has 1 aromatic carbocycles. The van der Waals surface area contributed by atoms with Gasteiger partial charge in [-0.3, -0.25) is 9.69 Å². The lowest BCUT2D eigenvalue weighted by Crippen LogP contribution is -2.46. The topological polar surface area (TPSA) is 36.7 Å². The lowest BCUT2D eigenvalue weighted by molar-refractivity contribution is 0.0876. The molecule has 4 nitrogen and oxygen atoms in total. The van der Waals surface area contributed by atoms with Crippen LogP contribution >= 0.6 is 0 Å². The van der Waals surface area contributed by atoms with Gasteiger partial charge in [-0.15, -0.1) is 0 Å². The Kier molecular flexibility index (Phi) is 4.18. The number of benzene rings is 1. The zero-order valence-corrected chi connectivity index (χ0v) is 12.3. The van der Waals surface area contributed by atoms with E-state index >= 15 is 0 Å². The molecule has 0 saturated carbocycles. The first-order valence-corrected chi connectivity index (χ1v) is 7.30. The van der Waals surface area contributed by atoms with Gasteiger partial charge in [-0.1, -0.05) is 18.2 Å². The van der Waals surface area contributed by atoms with Crippen LogP contribution < -0.4 is 0 Å². The van der Waals surface area contributed by atoms with E-state index in [1.165, 1.54) is 0 Å². The van der Waals surface area contributed by atoms with E-state index in [-0.39, 0.29) is 5.78 Å². The fourth-order valence-corrected chi connectivity index (χ4v) is 2.59. The second-order valence-corrected chi connectivity index (χ2v) is 5.56. The molecule has 0 N–H and O–H groups in total. The van der Waals surface area contributed by atoms with Gasteiger partial charge in [-0.25, -0.2) is 0 Å². The number of ketones is 1. The molecule has 21 heavy (non-hydrogen) atoms. The van der Waals surface area contributed by atoms with Crippen LogP contribution in [0.4, 0.5) is 0 Å². The molecule has 1 fully saturated rings. The maximum absolute atomic E-state index is 12.4. The van der Waals surface area contributed by atoms with Crippen LogP contribution in [0.1, 0.15) is 10.4 Å². The van der Waals surface area contributed by atoms with Crippen LogP contribution in [-0.4, -0.2) is 55.4 Å². The van der Waals surface area contributed by atoms with Crippen molar-refractivity contribution in [2.45, 2.75) is 0 Å². The molecule has 0 atom stereocenters. The third-order valence-electron chi connectivity index (χ3n) is 3.95. The summed E-state index contributed by atoms with van der Waals surface area (Å²) in [5.41, 5.74) is 1.70. The Balaban J connectivity index is 1.69. The van der Waals surface area contributed by atoms with Gasteiger partial charge >= 0.3 is 0 Å². The van der Waals surface area contributed by atoms with Gasteiger partial charge in [0.2, 0.25) is 0 Å². The molecule has 2 aromatic rings. The molecule has 4 heteroatoms. The minimum absolute atomic E-state index is 0.174. The van der Waals surface area contributed by atoms with E-state index in [9.17, 15) is 4.79 Å². The van der Waals surface area contributed by atoms with E-state index in [2.05, 4.69) is 16.8 Å². The van der Waals surface area contributed by atoms with Crippen molar-refractivity contribution in [3.8, 4) is 11.3 Å². The molecule has 0 unspecified atom stereocenters. The summed E-state index contributed by atoms with van der Waals surface area (Å²) in [6.07, 6.45) is 1.65. The van der Waals surface area contributed by atoms with Crippen molar-refractivity contribution in [3.05, 3.63) is 48.2 Å². The van der Waals surface area contributed by atoms with Gasteiger partial charge in [0, 0.05) is 37.3 Å². The predicted octanol–water partition coefficient (Wildman–Crippen LogP) is 2.38. The van der Waals surface area contributed by atoms with Gasteiger partial charge in [0.1, 0.15) is 5.76 Å². The van der Waals surface area contributed by atoms with Gasteiger partial charge in [-0.2, -0.15) is 0 Å². The number of rotatable bonds is 4. The monoisotopic (exact) mass is 284 g/mol. The number of nitrogens with zero attached hydrogens (tertiary/aromatic N) is 2. The largest absolute Gasteiger partial charge is 0.464 e. The van der Waals surface area contributed by atoms with Gasteiger partial charge in [0.25, 0.3) is 0 Å². The molecule has 3 rings (SSSR count). The van der Waals surface area contributed by atoms with Crippen molar-refractivity contribution in [2.24, 2.45) is 0 Å². The van der Waals surface area contributed by atoms with E-state index in [0.717, 1.165) is 43.1 Å². The zero-order valence-electron chi connectivity index (χ0n) is 12.3. The second-order valence-electron chi connectivity index (χ2n) is 5.56. The molecule has 0 spiro atoms.